The summed E-state index contributed by atoms with van der Waals surface area (Å²) in [5.74, 6) is -0.434. The van der Waals surface area contributed by atoms with Crippen LogP contribution in [0.1, 0.15) is 0 Å². The predicted octanol–water partition coefficient (Wildman–Crippen LogP) is -0.389. The first kappa shape index (κ1) is 18.3. The highest BCUT2D eigenvalue weighted by atomic mass is 16.2. The first-order valence-electron chi connectivity index (χ1n) is 8.83. The van der Waals surface area contributed by atoms with Crippen LogP contribution in [0.25, 0.3) is 21.9 Å². The van der Waals surface area contributed by atoms with E-state index < -0.39 is 17.2 Å². The topological polar surface area (TPSA) is 132 Å². The van der Waals surface area contributed by atoms with Crippen LogP contribution in [0.2, 0.25) is 0 Å². The van der Waals surface area contributed by atoms with Crippen LogP contribution in [-0.4, -0.2) is 36.5 Å². The van der Waals surface area contributed by atoms with Crippen molar-refractivity contribution < 1.29 is 4.79 Å². The number of aromatic amines is 1. The third kappa shape index (κ3) is 3.55. The lowest BCUT2D eigenvalue weighted by Crippen LogP contribution is -2.40. The van der Waals surface area contributed by atoms with Gasteiger partial charge >= 0.3 is 5.69 Å². The lowest BCUT2D eigenvalue weighted by Gasteiger charge is -2.09. The molecular formula is C19H16N6O4. The van der Waals surface area contributed by atoms with Gasteiger partial charge in [-0.05, 0) is 24.3 Å². The lowest BCUT2D eigenvalue weighted by atomic mass is 10.2. The Morgan fingerprint density at radius 3 is 2.66 bits per heavy atom. The molecule has 2 N–H and O–H groups in total. The van der Waals surface area contributed by atoms with Crippen molar-refractivity contribution in [3.05, 3.63) is 80.1 Å². The number of nitrogens with one attached hydrogen (secondary N) is 2. The molecule has 0 radical (unpaired) electrons. The van der Waals surface area contributed by atoms with Crippen molar-refractivity contribution >= 4 is 27.8 Å². The molecule has 3 aromatic heterocycles. The summed E-state index contributed by atoms with van der Waals surface area (Å²) in [6, 6.07) is 10.0. The highest BCUT2D eigenvalue weighted by Crippen LogP contribution is 2.04. The van der Waals surface area contributed by atoms with E-state index in [0.29, 0.717) is 10.9 Å². The van der Waals surface area contributed by atoms with Crippen LogP contribution in [0, 0.1) is 0 Å². The van der Waals surface area contributed by atoms with Crippen LogP contribution in [0.5, 0.6) is 0 Å². The fourth-order valence-corrected chi connectivity index (χ4v) is 3.02. The van der Waals surface area contributed by atoms with Gasteiger partial charge in [0.15, 0.2) is 0 Å². The van der Waals surface area contributed by atoms with E-state index in [-0.39, 0.29) is 36.2 Å². The number of hydrogen-bond acceptors (Lipinski definition) is 6. The molecule has 0 atom stereocenters. The monoisotopic (exact) mass is 392 g/mol. The van der Waals surface area contributed by atoms with Gasteiger partial charge in [0.1, 0.15) is 12.2 Å². The summed E-state index contributed by atoms with van der Waals surface area (Å²) in [4.78, 5) is 59.8. The Kier molecular flexibility index (Phi) is 4.73. The standard InChI is InChI=1S/C19H16N6O4/c26-15(10-24-11-22-14-6-2-1-4-12(14)17(24)27)20-8-9-25-18(28)13-5-3-7-21-16(13)23-19(25)29/h1-7,11H,8-10H2,(H,20,26)(H,21,23,29). The molecule has 0 bridgehead atoms. The predicted molar refractivity (Wildman–Crippen MR) is 106 cm³/mol. The van der Waals surface area contributed by atoms with Crippen LogP contribution in [0.15, 0.2) is 63.3 Å². The molecule has 0 saturated heterocycles. The Balaban J connectivity index is 1.46. The van der Waals surface area contributed by atoms with Crippen molar-refractivity contribution in [2.24, 2.45) is 0 Å². The molecule has 0 unspecified atom stereocenters. The van der Waals surface area contributed by atoms with Gasteiger partial charge in [-0.1, -0.05) is 12.1 Å². The van der Waals surface area contributed by atoms with Gasteiger partial charge in [0.2, 0.25) is 5.91 Å². The van der Waals surface area contributed by atoms with Crippen LogP contribution < -0.4 is 22.1 Å². The number of rotatable bonds is 5. The van der Waals surface area contributed by atoms with E-state index in [2.05, 4.69) is 20.3 Å². The van der Waals surface area contributed by atoms with E-state index >= 15 is 0 Å². The number of nitrogens with zero attached hydrogens (tertiary/aromatic N) is 4. The number of para-hydroxylation sites is 1. The molecule has 29 heavy (non-hydrogen) atoms. The Labute approximate surface area is 162 Å². The quantitative estimate of drug-likeness (QED) is 0.476. The SMILES string of the molecule is O=C(Cn1cnc2ccccc2c1=O)NCCn1c(=O)[nH]c2ncccc2c1=O. The van der Waals surface area contributed by atoms with Crippen LogP contribution in [0.4, 0.5) is 0 Å². The summed E-state index contributed by atoms with van der Waals surface area (Å²) in [6.45, 7) is -0.192. The molecule has 10 nitrogen and oxygen atoms in total. The minimum atomic E-state index is -0.606. The number of carbonyl (C=O) groups is 1. The number of benzene rings is 1. The number of aromatic nitrogens is 5. The van der Waals surface area contributed by atoms with Crippen molar-refractivity contribution in [3.8, 4) is 0 Å². The first-order chi connectivity index (χ1) is 14.0. The van der Waals surface area contributed by atoms with Gasteiger partial charge in [-0.25, -0.2) is 14.8 Å². The number of hydrogen-bond donors (Lipinski definition) is 2. The van der Waals surface area contributed by atoms with Gasteiger partial charge in [-0.2, -0.15) is 0 Å². The molecule has 146 valence electrons. The molecular weight excluding hydrogens is 376 g/mol. The summed E-state index contributed by atoms with van der Waals surface area (Å²) in [7, 11) is 0. The molecule has 0 aliphatic heterocycles. The van der Waals surface area contributed by atoms with Gasteiger partial charge in [-0.3, -0.25) is 28.5 Å². The van der Waals surface area contributed by atoms with Crippen molar-refractivity contribution in [1.82, 2.24) is 29.4 Å². The first-order valence-corrected chi connectivity index (χ1v) is 8.83. The Hall–Kier alpha value is -4.08. The highest BCUT2D eigenvalue weighted by Gasteiger charge is 2.10. The molecule has 1 aromatic carbocycles. The second-order valence-electron chi connectivity index (χ2n) is 6.33. The van der Waals surface area contributed by atoms with Crippen molar-refractivity contribution in [1.29, 1.82) is 0 Å². The maximum Gasteiger partial charge on any atom is 0.330 e. The maximum atomic E-state index is 12.4. The average Bonchev–Trinajstić information content (AvgIpc) is 2.73. The third-order valence-electron chi connectivity index (χ3n) is 4.46. The van der Waals surface area contributed by atoms with Gasteiger partial charge < -0.3 is 5.32 Å². The Morgan fingerprint density at radius 2 is 1.79 bits per heavy atom. The van der Waals surface area contributed by atoms with Gasteiger partial charge in [0.05, 0.1) is 22.6 Å². The minimum Gasteiger partial charge on any atom is -0.353 e. The van der Waals surface area contributed by atoms with E-state index in [0.717, 1.165) is 4.57 Å². The molecule has 0 saturated carbocycles. The summed E-state index contributed by atoms with van der Waals surface area (Å²) in [6.07, 6.45) is 2.79. The second-order valence-corrected chi connectivity index (χ2v) is 6.33. The number of H-pyrrole nitrogens is 1. The fraction of sp³-hybridized carbons (Fsp3) is 0.158. The molecule has 0 spiro atoms. The zero-order valence-corrected chi connectivity index (χ0v) is 15.2. The molecule has 10 heteroatoms. The summed E-state index contributed by atoms with van der Waals surface area (Å²) in [5.41, 5.74) is -0.642. The Morgan fingerprint density at radius 1 is 1.00 bits per heavy atom. The minimum absolute atomic E-state index is 0.0182. The van der Waals surface area contributed by atoms with Gasteiger partial charge in [0.25, 0.3) is 11.1 Å². The molecule has 0 fully saturated rings. The van der Waals surface area contributed by atoms with E-state index in [1.165, 1.54) is 17.1 Å². The van der Waals surface area contributed by atoms with Crippen molar-refractivity contribution in [2.45, 2.75) is 13.1 Å². The normalized spacial score (nSPS) is 11.0. The summed E-state index contributed by atoms with van der Waals surface area (Å²) < 4.78 is 2.20. The van der Waals surface area contributed by atoms with Gasteiger partial charge in [-0.15, -0.1) is 0 Å². The lowest BCUT2D eigenvalue weighted by molar-refractivity contribution is -0.121. The zero-order chi connectivity index (χ0) is 20.4. The maximum absolute atomic E-state index is 12.4. The molecule has 0 aliphatic rings. The second kappa shape index (κ2) is 7.50. The fourth-order valence-electron chi connectivity index (χ4n) is 3.02. The Bertz CT molecular complexity index is 1400. The van der Waals surface area contributed by atoms with Crippen molar-refractivity contribution in [2.75, 3.05) is 6.54 Å². The molecule has 4 rings (SSSR count). The largest absolute Gasteiger partial charge is 0.353 e. The third-order valence-corrected chi connectivity index (χ3v) is 4.46. The van der Waals surface area contributed by atoms with E-state index in [1.807, 2.05) is 0 Å². The molecule has 1 amide bonds. The summed E-state index contributed by atoms with van der Waals surface area (Å²) >= 11 is 0. The number of carbonyl (C=O) groups excluding carboxylic acids is 1. The number of pyridine rings is 1. The molecule has 3 heterocycles. The van der Waals surface area contributed by atoms with Crippen LogP contribution in [-0.2, 0) is 17.9 Å². The number of amides is 1. The molecule has 0 aliphatic carbocycles. The number of fused-ring (bicyclic) bond motifs is 2. The summed E-state index contributed by atoms with van der Waals surface area (Å²) in [5, 5.41) is 3.31. The highest BCUT2D eigenvalue weighted by molar-refractivity contribution is 5.78. The average molecular weight is 392 g/mol. The molecule has 4 aromatic rings. The van der Waals surface area contributed by atoms with E-state index in [1.54, 1.807) is 36.4 Å². The zero-order valence-electron chi connectivity index (χ0n) is 15.2. The van der Waals surface area contributed by atoms with Gasteiger partial charge in [0, 0.05) is 19.3 Å². The van der Waals surface area contributed by atoms with Crippen molar-refractivity contribution in [3.63, 3.8) is 0 Å². The smallest absolute Gasteiger partial charge is 0.330 e. The van der Waals surface area contributed by atoms with E-state index in [9.17, 15) is 19.2 Å². The van der Waals surface area contributed by atoms with Crippen LogP contribution in [0.3, 0.4) is 0 Å². The van der Waals surface area contributed by atoms with E-state index in [4.69, 9.17) is 0 Å². The van der Waals surface area contributed by atoms with Crippen LogP contribution >= 0.6 is 0 Å².